The van der Waals surface area contributed by atoms with E-state index in [1.165, 1.54) is 35.6 Å². The summed E-state index contributed by atoms with van der Waals surface area (Å²) in [5, 5.41) is 13.1. The zero-order valence-electron chi connectivity index (χ0n) is 16.0. The van der Waals surface area contributed by atoms with E-state index in [9.17, 15) is 18.3 Å². The van der Waals surface area contributed by atoms with Gasteiger partial charge in [0.15, 0.2) is 0 Å². The number of nitrogens with zero attached hydrogens (tertiary/aromatic N) is 1. The lowest BCUT2D eigenvalue weighted by molar-refractivity contribution is 0.00190. The standard InChI is InChI=1S/C19H30N2O4S/c1-14(2)21(4)26(24,25)16-10-8-15(9-11-16)18(23)20-13-19(3)12-6-5-7-17(19)22/h8-11,14,17,22H,5-7,12-13H2,1-4H3,(H,20,23)/t17-,19+/m1/s1. The average Bonchev–Trinajstić information content (AvgIpc) is 2.61. The maximum absolute atomic E-state index is 12.5. The third-order valence-corrected chi connectivity index (χ3v) is 7.50. The first-order chi connectivity index (χ1) is 12.1. The summed E-state index contributed by atoms with van der Waals surface area (Å²) in [7, 11) is -2.02. The summed E-state index contributed by atoms with van der Waals surface area (Å²) >= 11 is 0. The molecule has 1 aliphatic carbocycles. The lowest BCUT2D eigenvalue weighted by Crippen LogP contribution is -2.45. The van der Waals surface area contributed by atoms with Crippen molar-refractivity contribution in [2.75, 3.05) is 13.6 Å². The molecule has 7 heteroatoms. The summed E-state index contributed by atoms with van der Waals surface area (Å²) < 4.78 is 26.2. The molecule has 2 rings (SSSR count). The highest BCUT2D eigenvalue weighted by Crippen LogP contribution is 2.35. The minimum Gasteiger partial charge on any atom is -0.392 e. The second-order valence-electron chi connectivity index (χ2n) is 7.74. The van der Waals surface area contributed by atoms with Crippen LogP contribution in [-0.2, 0) is 10.0 Å². The Morgan fingerprint density at radius 1 is 1.31 bits per heavy atom. The average molecular weight is 383 g/mol. The van der Waals surface area contributed by atoms with Crippen molar-refractivity contribution in [1.29, 1.82) is 0 Å². The monoisotopic (exact) mass is 382 g/mol. The van der Waals surface area contributed by atoms with Gasteiger partial charge in [0.25, 0.3) is 5.91 Å². The molecule has 1 amide bonds. The van der Waals surface area contributed by atoms with Gasteiger partial charge in [0.2, 0.25) is 10.0 Å². The molecular formula is C19H30N2O4S. The van der Waals surface area contributed by atoms with Gasteiger partial charge in [-0.3, -0.25) is 4.79 Å². The van der Waals surface area contributed by atoms with Crippen molar-refractivity contribution >= 4 is 15.9 Å². The summed E-state index contributed by atoms with van der Waals surface area (Å²) in [6.45, 7) is 6.01. The lowest BCUT2D eigenvalue weighted by atomic mass is 9.73. The number of aliphatic hydroxyl groups is 1. The third-order valence-electron chi connectivity index (χ3n) is 5.45. The van der Waals surface area contributed by atoms with Crippen LogP contribution in [-0.4, -0.2) is 49.5 Å². The highest BCUT2D eigenvalue weighted by atomic mass is 32.2. The van der Waals surface area contributed by atoms with Crippen molar-refractivity contribution in [3.8, 4) is 0 Å². The molecule has 26 heavy (non-hydrogen) atoms. The van der Waals surface area contributed by atoms with E-state index < -0.39 is 16.1 Å². The van der Waals surface area contributed by atoms with Crippen molar-refractivity contribution in [2.24, 2.45) is 5.41 Å². The highest BCUT2D eigenvalue weighted by molar-refractivity contribution is 7.89. The number of amides is 1. The molecule has 0 unspecified atom stereocenters. The maximum Gasteiger partial charge on any atom is 0.251 e. The summed E-state index contributed by atoms with van der Waals surface area (Å²) in [5.41, 5.74) is 0.0991. The Morgan fingerprint density at radius 3 is 2.46 bits per heavy atom. The van der Waals surface area contributed by atoms with E-state index in [1.54, 1.807) is 13.8 Å². The molecular weight excluding hydrogens is 352 g/mol. The van der Waals surface area contributed by atoms with Crippen LogP contribution in [0.4, 0.5) is 0 Å². The SMILES string of the molecule is CC(C)N(C)S(=O)(=O)c1ccc(C(=O)NC[C@]2(C)CCCC[C@H]2O)cc1. The summed E-state index contributed by atoms with van der Waals surface area (Å²) in [6.07, 6.45) is 3.32. The molecule has 0 aliphatic heterocycles. The molecule has 1 aromatic rings. The van der Waals surface area contributed by atoms with E-state index in [1.807, 2.05) is 6.92 Å². The summed E-state index contributed by atoms with van der Waals surface area (Å²) in [6, 6.07) is 5.82. The van der Waals surface area contributed by atoms with Gasteiger partial charge in [-0.2, -0.15) is 4.31 Å². The van der Waals surface area contributed by atoms with E-state index >= 15 is 0 Å². The Kier molecular flexibility index (Phi) is 6.47. The van der Waals surface area contributed by atoms with E-state index in [0.717, 1.165) is 25.7 Å². The molecule has 0 saturated heterocycles. The second kappa shape index (κ2) is 8.06. The smallest absolute Gasteiger partial charge is 0.251 e. The molecule has 0 aromatic heterocycles. The molecule has 1 saturated carbocycles. The Bertz CT molecular complexity index is 730. The number of aliphatic hydroxyl groups excluding tert-OH is 1. The topological polar surface area (TPSA) is 86.7 Å². The molecule has 1 aromatic carbocycles. The van der Waals surface area contributed by atoms with Crippen molar-refractivity contribution in [1.82, 2.24) is 9.62 Å². The molecule has 1 aliphatic rings. The van der Waals surface area contributed by atoms with Crippen molar-refractivity contribution in [3.05, 3.63) is 29.8 Å². The first-order valence-electron chi connectivity index (χ1n) is 9.12. The second-order valence-corrected chi connectivity index (χ2v) is 9.74. The molecule has 6 nitrogen and oxygen atoms in total. The number of nitrogens with one attached hydrogen (secondary N) is 1. The molecule has 2 atom stereocenters. The summed E-state index contributed by atoms with van der Waals surface area (Å²) in [4.78, 5) is 12.6. The van der Waals surface area contributed by atoms with Crippen LogP contribution in [0.15, 0.2) is 29.2 Å². The van der Waals surface area contributed by atoms with Crippen LogP contribution in [0.2, 0.25) is 0 Å². The Hall–Kier alpha value is -1.44. The Balaban J connectivity index is 2.05. The van der Waals surface area contributed by atoms with Gasteiger partial charge in [0, 0.05) is 30.6 Å². The zero-order chi connectivity index (χ0) is 19.5. The lowest BCUT2D eigenvalue weighted by Gasteiger charge is -2.38. The van der Waals surface area contributed by atoms with Crippen LogP contribution in [0.3, 0.4) is 0 Å². The van der Waals surface area contributed by atoms with E-state index in [4.69, 9.17) is 0 Å². The van der Waals surface area contributed by atoms with Crippen LogP contribution >= 0.6 is 0 Å². The number of benzene rings is 1. The van der Waals surface area contributed by atoms with Crippen molar-refractivity contribution in [3.63, 3.8) is 0 Å². The Morgan fingerprint density at radius 2 is 1.92 bits per heavy atom. The largest absolute Gasteiger partial charge is 0.392 e. The van der Waals surface area contributed by atoms with Gasteiger partial charge in [-0.15, -0.1) is 0 Å². The number of hydrogen-bond acceptors (Lipinski definition) is 4. The predicted molar refractivity (Wildman–Crippen MR) is 101 cm³/mol. The van der Waals surface area contributed by atoms with Gasteiger partial charge < -0.3 is 10.4 Å². The first-order valence-corrected chi connectivity index (χ1v) is 10.6. The Labute approximate surface area is 156 Å². The van der Waals surface area contributed by atoms with Gasteiger partial charge in [-0.25, -0.2) is 8.42 Å². The predicted octanol–water partition coefficient (Wildman–Crippen LogP) is 2.39. The van der Waals surface area contributed by atoms with E-state index in [-0.39, 0.29) is 22.3 Å². The molecule has 0 radical (unpaired) electrons. The first kappa shape index (κ1) is 20.9. The van der Waals surface area contributed by atoms with E-state index in [0.29, 0.717) is 12.1 Å². The fraction of sp³-hybridized carbons (Fsp3) is 0.632. The van der Waals surface area contributed by atoms with Gasteiger partial charge in [0.05, 0.1) is 11.0 Å². The molecule has 0 heterocycles. The fourth-order valence-corrected chi connectivity index (χ4v) is 4.56. The van der Waals surface area contributed by atoms with Crippen molar-refractivity contribution < 1.29 is 18.3 Å². The maximum atomic E-state index is 12.5. The van der Waals surface area contributed by atoms with Crippen LogP contribution in [0.5, 0.6) is 0 Å². The van der Waals surface area contributed by atoms with Gasteiger partial charge in [0.1, 0.15) is 0 Å². The molecule has 146 valence electrons. The van der Waals surface area contributed by atoms with E-state index in [2.05, 4.69) is 5.32 Å². The molecule has 1 fully saturated rings. The number of sulfonamides is 1. The fourth-order valence-electron chi connectivity index (χ4n) is 3.19. The highest BCUT2D eigenvalue weighted by Gasteiger charge is 2.35. The number of hydrogen-bond donors (Lipinski definition) is 2. The van der Waals surface area contributed by atoms with Crippen LogP contribution < -0.4 is 5.32 Å². The number of carbonyl (C=O) groups is 1. The van der Waals surface area contributed by atoms with Crippen LogP contribution in [0.1, 0.15) is 56.8 Å². The molecule has 0 spiro atoms. The van der Waals surface area contributed by atoms with Crippen LogP contribution in [0.25, 0.3) is 0 Å². The van der Waals surface area contributed by atoms with Crippen LogP contribution in [0, 0.1) is 5.41 Å². The van der Waals surface area contributed by atoms with Gasteiger partial charge >= 0.3 is 0 Å². The van der Waals surface area contributed by atoms with Gasteiger partial charge in [-0.1, -0.05) is 19.8 Å². The van der Waals surface area contributed by atoms with Crippen molar-refractivity contribution in [2.45, 2.75) is 63.5 Å². The number of carbonyl (C=O) groups excluding carboxylic acids is 1. The summed E-state index contributed by atoms with van der Waals surface area (Å²) in [5.74, 6) is -0.259. The van der Waals surface area contributed by atoms with Gasteiger partial charge in [-0.05, 0) is 51.0 Å². The minimum atomic E-state index is -3.56. The number of rotatable bonds is 6. The molecule has 0 bridgehead atoms. The minimum absolute atomic E-state index is 0.148. The zero-order valence-corrected chi connectivity index (χ0v) is 16.8. The molecule has 2 N–H and O–H groups in total. The third kappa shape index (κ3) is 4.45. The normalized spacial score (nSPS) is 24.0. The quantitative estimate of drug-likeness (QED) is 0.791.